The molecule has 0 saturated heterocycles. The number of nitro groups is 1. The molecule has 0 aromatic heterocycles. The van der Waals surface area contributed by atoms with E-state index in [1.54, 1.807) is 24.3 Å². The molecule has 0 aliphatic heterocycles. The molecule has 24 heavy (non-hydrogen) atoms. The summed E-state index contributed by atoms with van der Waals surface area (Å²) in [6.45, 7) is 0. The Hall–Kier alpha value is -2.74. The number of nitrogens with zero attached hydrogens (tertiary/aromatic N) is 1. The molecule has 2 aromatic carbocycles. The highest BCUT2D eigenvalue weighted by atomic mass is 79.9. The van der Waals surface area contributed by atoms with Gasteiger partial charge in [-0.2, -0.15) is 0 Å². The largest absolute Gasteiger partial charge is 0.550 e. The lowest BCUT2D eigenvalue weighted by Gasteiger charge is -2.20. The number of carboxylic acid groups (broad SMARTS) is 1. The minimum Gasteiger partial charge on any atom is -0.550 e. The van der Waals surface area contributed by atoms with Crippen molar-refractivity contribution >= 4 is 33.5 Å². The molecule has 0 heterocycles. The Morgan fingerprint density at radius 3 is 2.50 bits per heavy atom. The van der Waals surface area contributed by atoms with Crippen LogP contribution in [0.25, 0.3) is 0 Å². The Morgan fingerprint density at radius 1 is 1.17 bits per heavy atom. The number of hydrogen-bond donors (Lipinski definition) is 1. The number of amides is 1. The number of carbonyl (C=O) groups is 2. The van der Waals surface area contributed by atoms with E-state index in [9.17, 15) is 24.8 Å². The molecule has 2 rings (SSSR count). The van der Waals surface area contributed by atoms with Crippen LogP contribution in [0.5, 0.6) is 0 Å². The summed E-state index contributed by atoms with van der Waals surface area (Å²) >= 11 is 3.25. The molecule has 0 aliphatic carbocycles. The van der Waals surface area contributed by atoms with E-state index in [2.05, 4.69) is 21.2 Å². The summed E-state index contributed by atoms with van der Waals surface area (Å²) in [5.74, 6) is -1.87. The molecule has 1 amide bonds. The molecule has 0 bridgehead atoms. The highest BCUT2D eigenvalue weighted by Gasteiger charge is 2.18. The van der Waals surface area contributed by atoms with E-state index in [1.165, 1.54) is 24.3 Å². The van der Waals surface area contributed by atoms with Crippen molar-refractivity contribution in [1.82, 2.24) is 5.32 Å². The number of non-ortho nitro benzene ring substituents is 1. The Kier molecular flexibility index (Phi) is 5.64. The van der Waals surface area contributed by atoms with Crippen molar-refractivity contribution in [3.05, 3.63) is 74.2 Å². The summed E-state index contributed by atoms with van der Waals surface area (Å²) in [5.41, 5.74) is 0.461. The summed E-state index contributed by atoms with van der Waals surface area (Å²) in [4.78, 5) is 33.5. The van der Waals surface area contributed by atoms with E-state index in [1.807, 2.05) is 0 Å². The van der Waals surface area contributed by atoms with E-state index >= 15 is 0 Å². The number of carbonyl (C=O) groups excluding carboxylic acids is 2. The first-order valence-corrected chi connectivity index (χ1v) is 7.66. The van der Waals surface area contributed by atoms with Gasteiger partial charge >= 0.3 is 0 Å². The summed E-state index contributed by atoms with van der Waals surface area (Å²) in [7, 11) is 0. The zero-order valence-corrected chi connectivity index (χ0v) is 13.9. The van der Waals surface area contributed by atoms with Crippen molar-refractivity contribution in [2.45, 2.75) is 12.5 Å². The third-order valence-electron chi connectivity index (χ3n) is 3.25. The number of nitro benzene ring substituents is 1. The number of hydrogen-bond acceptors (Lipinski definition) is 5. The Bertz CT molecular complexity index is 794. The summed E-state index contributed by atoms with van der Waals surface area (Å²) in [5, 5.41) is 24.4. The second-order valence-electron chi connectivity index (χ2n) is 4.96. The molecule has 7 nitrogen and oxygen atoms in total. The zero-order valence-electron chi connectivity index (χ0n) is 12.3. The van der Waals surface area contributed by atoms with E-state index < -0.39 is 29.3 Å². The normalized spacial score (nSPS) is 11.5. The molecule has 1 N–H and O–H groups in total. The average Bonchev–Trinajstić information content (AvgIpc) is 2.54. The molecule has 0 aliphatic rings. The number of nitrogens with one attached hydrogen (secondary N) is 1. The van der Waals surface area contributed by atoms with Gasteiger partial charge < -0.3 is 15.2 Å². The maximum absolute atomic E-state index is 12.3. The van der Waals surface area contributed by atoms with Crippen LogP contribution < -0.4 is 10.4 Å². The third-order valence-corrected chi connectivity index (χ3v) is 3.74. The standard InChI is InChI=1S/C16H13BrN2O5/c17-12-5-1-4-11(7-12)16(22)18-14(9-15(20)21)10-3-2-6-13(8-10)19(23)24/h1-8,14H,9H2,(H,18,22)(H,20,21)/p-1/t14-/m1/s1. The minimum atomic E-state index is -1.37. The van der Waals surface area contributed by atoms with Gasteiger partial charge in [-0.1, -0.05) is 34.1 Å². The summed E-state index contributed by atoms with van der Waals surface area (Å²) in [6, 6.07) is 11.1. The molecule has 0 radical (unpaired) electrons. The van der Waals surface area contributed by atoms with Crippen LogP contribution >= 0.6 is 15.9 Å². The topological polar surface area (TPSA) is 112 Å². The Morgan fingerprint density at radius 2 is 1.88 bits per heavy atom. The number of aliphatic carboxylic acids is 1. The van der Waals surface area contributed by atoms with E-state index in [0.29, 0.717) is 15.6 Å². The first-order chi connectivity index (χ1) is 11.4. The van der Waals surface area contributed by atoms with Gasteiger partial charge in [-0.3, -0.25) is 14.9 Å². The van der Waals surface area contributed by atoms with Gasteiger partial charge in [0.2, 0.25) is 0 Å². The van der Waals surface area contributed by atoms with Crippen molar-refractivity contribution in [1.29, 1.82) is 0 Å². The van der Waals surface area contributed by atoms with E-state index in [0.717, 1.165) is 0 Å². The number of rotatable bonds is 6. The lowest BCUT2D eigenvalue weighted by atomic mass is 10.0. The summed E-state index contributed by atoms with van der Waals surface area (Å²) < 4.78 is 0.696. The van der Waals surface area contributed by atoms with Crippen LogP contribution in [-0.4, -0.2) is 16.8 Å². The maximum atomic E-state index is 12.3. The molecule has 0 fully saturated rings. The fourth-order valence-electron chi connectivity index (χ4n) is 2.15. The van der Waals surface area contributed by atoms with Crippen LogP contribution in [-0.2, 0) is 4.79 Å². The second-order valence-corrected chi connectivity index (χ2v) is 5.88. The predicted molar refractivity (Wildman–Crippen MR) is 87.1 cm³/mol. The van der Waals surface area contributed by atoms with E-state index in [-0.39, 0.29) is 5.69 Å². The summed E-state index contributed by atoms with van der Waals surface area (Å²) in [6.07, 6.45) is -0.499. The van der Waals surface area contributed by atoms with Gasteiger partial charge in [-0.05, 0) is 23.8 Å². The first-order valence-electron chi connectivity index (χ1n) is 6.87. The van der Waals surface area contributed by atoms with Crippen LogP contribution in [0.2, 0.25) is 0 Å². The first kappa shape index (κ1) is 17.6. The molecule has 0 spiro atoms. The van der Waals surface area contributed by atoms with Crippen molar-refractivity contribution in [3.63, 3.8) is 0 Å². The van der Waals surface area contributed by atoms with Gasteiger partial charge in [-0.15, -0.1) is 0 Å². The van der Waals surface area contributed by atoms with E-state index in [4.69, 9.17) is 0 Å². The molecule has 0 unspecified atom stereocenters. The molecule has 124 valence electrons. The quantitative estimate of drug-likeness (QED) is 0.597. The number of carboxylic acids is 1. The highest BCUT2D eigenvalue weighted by Crippen LogP contribution is 2.22. The maximum Gasteiger partial charge on any atom is 0.269 e. The minimum absolute atomic E-state index is 0.187. The molecule has 1 atom stereocenters. The molecular weight excluding hydrogens is 380 g/mol. The van der Waals surface area contributed by atoms with Crippen molar-refractivity contribution in [2.75, 3.05) is 0 Å². The van der Waals surface area contributed by atoms with Gasteiger partial charge in [0, 0.05) is 34.6 Å². The van der Waals surface area contributed by atoms with Crippen molar-refractivity contribution in [3.8, 4) is 0 Å². The third kappa shape index (κ3) is 4.63. The van der Waals surface area contributed by atoms with Crippen LogP contribution in [0.1, 0.15) is 28.4 Å². The monoisotopic (exact) mass is 391 g/mol. The lowest BCUT2D eigenvalue weighted by Crippen LogP contribution is -2.34. The van der Waals surface area contributed by atoms with Crippen LogP contribution in [0.3, 0.4) is 0 Å². The number of benzene rings is 2. The molecule has 2 aromatic rings. The van der Waals surface area contributed by atoms with Crippen molar-refractivity contribution < 1.29 is 19.6 Å². The van der Waals surface area contributed by atoms with Gasteiger partial charge in [0.15, 0.2) is 0 Å². The second kappa shape index (κ2) is 7.69. The predicted octanol–water partition coefficient (Wildman–Crippen LogP) is 1.97. The smallest absolute Gasteiger partial charge is 0.269 e. The fraction of sp³-hybridized carbons (Fsp3) is 0.125. The van der Waals surface area contributed by atoms with Crippen LogP contribution in [0.15, 0.2) is 53.0 Å². The molecular formula is C16H12BrN2O5-. The number of halogens is 1. The van der Waals surface area contributed by atoms with Crippen LogP contribution in [0, 0.1) is 10.1 Å². The highest BCUT2D eigenvalue weighted by molar-refractivity contribution is 9.10. The lowest BCUT2D eigenvalue weighted by molar-refractivity contribution is -0.385. The Labute approximate surface area is 145 Å². The fourth-order valence-corrected chi connectivity index (χ4v) is 2.54. The molecule has 8 heteroatoms. The zero-order chi connectivity index (χ0) is 17.7. The van der Waals surface area contributed by atoms with Gasteiger partial charge in [0.25, 0.3) is 11.6 Å². The van der Waals surface area contributed by atoms with Gasteiger partial charge in [-0.25, -0.2) is 0 Å². The van der Waals surface area contributed by atoms with Crippen LogP contribution in [0.4, 0.5) is 5.69 Å². The van der Waals surface area contributed by atoms with Crippen molar-refractivity contribution in [2.24, 2.45) is 0 Å². The SMILES string of the molecule is O=C([O-])C[C@@H](NC(=O)c1cccc(Br)c1)c1cccc([N+](=O)[O-])c1. The molecule has 0 saturated carbocycles. The van der Waals surface area contributed by atoms with Gasteiger partial charge in [0.05, 0.1) is 11.0 Å². The Balaban J connectivity index is 2.28. The average molecular weight is 392 g/mol. The van der Waals surface area contributed by atoms with Gasteiger partial charge in [0.1, 0.15) is 0 Å².